The predicted octanol–water partition coefficient (Wildman–Crippen LogP) is 2.85. The molecule has 0 aliphatic carbocycles. The van der Waals surface area contributed by atoms with E-state index in [1.165, 1.54) is 7.11 Å². The summed E-state index contributed by atoms with van der Waals surface area (Å²) in [5.74, 6) is 0.205. The molecule has 7 heteroatoms. The van der Waals surface area contributed by atoms with Gasteiger partial charge in [-0.05, 0) is 28.0 Å². The number of benzene rings is 2. The number of hydrogen-bond donors (Lipinski definition) is 0. The molecule has 0 radical (unpaired) electrons. The van der Waals surface area contributed by atoms with Crippen LogP contribution in [0.1, 0.15) is 11.6 Å². The quantitative estimate of drug-likeness (QED) is 0.534. The first-order valence-corrected chi connectivity index (χ1v) is 7.67. The van der Waals surface area contributed by atoms with E-state index in [9.17, 15) is 4.79 Å². The van der Waals surface area contributed by atoms with Crippen molar-refractivity contribution >= 4 is 17.0 Å². The van der Waals surface area contributed by atoms with Crippen molar-refractivity contribution in [3.05, 3.63) is 66.5 Å². The van der Waals surface area contributed by atoms with Gasteiger partial charge in [-0.3, -0.25) is 0 Å². The number of ether oxygens (including phenoxy) is 1. The molecule has 2 aromatic carbocycles. The fourth-order valence-corrected chi connectivity index (χ4v) is 2.87. The molecule has 4 rings (SSSR count). The number of esters is 1. The first kappa shape index (κ1) is 15.1. The number of rotatable bonds is 4. The third kappa shape index (κ3) is 2.55. The highest BCUT2D eigenvalue weighted by atomic mass is 16.6. The van der Waals surface area contributed by atoms with Crippen LogP contribution in [0.4, 0.5) is 0 Å². The monoisotopic (exact) mass is 334 g/mol. The Labute approximate surface area is 142 Å². The van der Waals surface area contributed by atoms with Gasteiger partial charge in [0.25, 0.3) is 0 Å². The van der Waals surface area contributed by atoms with Crippen molar-refractivity contribution in [2.24, 2.45) is 0 Å². The SMILES string of the molecule is COC(=O)C(c1ccccc1)n1ccnc1-c1cccc2nonc12. The van der Waals surface area contributed by atoms with Gasteiger partial charge in [-0.2, -0.15) is 0 Å². The van der Waals surface area contributed by atoms with Gasteiger partial charge in [0.05, 0.1) is 7.11 Å². The summed E-state index contributed by atoms with van der Waals surface area (Å²) in [6.45, 7) is 0. The van der Waals surface area contributed by atoms with Crippen molar-refractivity contribution in [3.8, 4) is 11.4 Å². The first-order chi connectivity index (χ1) is 12.3. The van der Waals surface area contributed by atoms with Crippen molar-refractivity contribution in [2.45, 2.75) is 6.04 Å². The molecule has 0 aliphatic heterocycles. The summed E-state index contributed by atoms with van der Waals surface area (Å²) in [5.41, 5.74) is 2.75. The predicted molar refractivity (Wildman–Crippen MR) is 89.6 cm³/mol. The van der Waals surface area contributed by atoms with E-state index in [4.69, 9.17) is 9.37 Å². The van der Waals surface area contributed by atoms with Gasteiger partial charge in [0, 0.05) is 18.0 Å². The largest absolute Gasteiger partial charge is 0.467 e. The maximum Gasteiger partial charge on any atom is 0.333 e. The molecular weight excluding hydrogens is 320 g/mol. The maximum atomic E-state index is 12.5. The van der Waals surface area contributed by atoms with Crippen LogP contribution in [-0.4, -0.2) is 32.9 Å². The van der Waals surface area contributed by atoms with Crippen LogP contribution in [0.25, 0.3) is 22.4 Å². The molecule has 25 heavy (non-hydrogen) atoms. The average molecular weight is 334 g/mol. The molecule has 0 bridgehead atoms. The molecule has 0 saturated carbocycles. The second kappa shape index (κ2) is 6.20. The number of aromatic nitrogens is 4. The summed E-state index contributed by atoms with van der Waals surface area (Å²) in [6, 6.07) is 14.3. The number of methoxy groups -OCH3 is 1. The van der Waals surface area contributed by atoms with E-state index in [-0.39, 0.29) is 5.97 Å². The third-order valence-corrected chi connectivity index (χ3v) is 4.01. The summed E-state index contributed by atoms with van der Waals surface area (Å²) >= 11 is 0. The van der Waals surface area contributed by atoms with Crippen LogP contribution in [0.3, 0.4) is 0 Å². The fourth-order valence-electron chi connectivity index (χ4n) is 2.87. The van der Waals surface area contributed by atoms with Crippen molar-refractivity contribution in [2.75, 3.05) is 7.11 Å². The molecule has 0 amide bonds. The van der Waals surface area contributed by atoms with Crippen LogP contribution in [0.15, 0.2) is 65.6 Å². The van der Waals surface area contributed by atoms with E-state index in [1.807, 2.05) is 42.5 Å². The van der Waals surface area contributed by atoms with Crippen LogP contribution >= 0.6 is 0 Å². The molecule has 0 spiro atoms. The smallest absolute Gasteiger partial charge is 0.333 e. The Morgan fingerprint density at radius 1 is 1.12 bits per heavy atom. The number of carbonyl (C=O) groups excluding carboxylic acids is 1. The van der Waals surface area contributed by atoms with Gasteiger partial charge < -0.3 is 9.30 Å². The van der Waals surface area contributed by atoms with Gasteiger partial charge in [-0.1, -0.05) is 36.4 Å². The highest BCUT2D eigenvalue weighted by Crippen LogP contribution is 2.30. The zero-order valence-electron chi connectivity index (χ0n) is 13.4. The third-order valence-electron chi connectivity index (χ3n) is 4.01. The maximum absolute atomic E-state index is 12.5. The van der Waals surface area contributed by atoms with Crippen LogP contribution in [0.5, 0.6) is 0 Å². The summed E-state index contributed by atoms with van der Waals surface area (Å²) < 4.78 is 11.6. The standard InChI is InChI=1S/C18H14N4O3/c1-24-18(23)16(12-6-3-2-4-7-12)22-11-10-19-17(22)13-8-5-9-14-15(13)21-25-20-14/h2-11,16H,1H3. The second-order valence-corrected chi connectivity index (χ2v) is 5.43. The fraction of sp³-hybridized carbons (Fsp3) is 0.111. The van der Waals surface area contributed by atoms with E-state index in [1.54, 1.807) is 23.0 Å². The van der Waals surface area contributed by atoms with Gasteiger partial charge in [0.15, 0.2) is 6.04 Å². The molecule has 1 unspecified atom stereocenters. The van der Waals surface area contributed by atoms with Crippen molar-refractivity contribution in [1.29, 1.82) is 0 Å². The summed E-state index contributed by atoms with van der Waals surface area (Å²) in [6.07, 6.45) is 3.39. The average Bonchev–Trinajstić information content (AvgIpc) is 3.32. The summed E-state index contributed by atoms with van der Waals surface area (Å²) in [4.78, 5) is 16.9. The molecule has 0 N–H and O–H groups in total. The zero-order valence-corrected chi connectivity index (χ0v) is 13.4. The van der Waals surface area contributed by atoms with E-state index in [0.717, 1.165) is 11.1 Å². The molecule has 7 nitrogen and oxygen atoms in total. The van der Waals surface area contributed by atoms with Gasteiger partial charge in [0.1, 0.15) is 16.9 Å². The Morgan fingerprint density at radius 2 is 1.96 bits per heavy atom. The number of carbonyl (C=O) groups is 1. The molecular formula is C18H14N4O3. The van der Waals surface area contributed by atoms with E-state index >= 15 is 0 Å². The molecule has 2 aromatic heterocycles. The lowest BCUT2D eigenvalue weighted by atomic mass is 10.1. The van der Waals surface area contributed by atoms with Crippen molar-refractivity contribution in [3.63, 3.8) is 0 Å². The van der Waals surface area contributed by atoms with Gasteiger partial charge >= 0.3 is 5.97 Å². The van der Waals surface area contributed by atoms with E-state index in [2.05, 4.69) is 15.3 Å². The molecule has 1 atom stereocenters. The lowest BCUT2D eigenvalue weighted by Gasteiger charge is -2.19. The van der Waals surface area contributed by atoms with Crippen molar-refractivity contribution < 1.29 is 14.2 Å². The minimum atomic E-state index is -0.654. The van der Waals surface area contributed by atoms with Gasteiger partial charge in [-0.25, -0.2) is 14.4 Å². The number of hydrogen-bond acceptors (Lipinski definition) is 6. The Hall–Kier alpha value is -3.48. The lowest BCUT2D eigenvalue weighted by Crippen LogP contribution is -2.22. The summed E-state index contributed by atoms with van der Waals surface area (Å²) in [5, 5.41) is 7.82. The Kier molecular flexibility index (Phi) is 3.74. The van der Waals surface area contributed by atoms with Crippen LogP contribution in [0, 0.1) is 0 Å². The lowest BCUT2D eigenvalue weighted by molar-refractivity contribution is -0.143. The van der Waals surface area contributed by atoms with Crippen LogP contribution < -0.4 is 0 Å². The Bertz CT molecular complexity index is 1020. The highest BCUT2D eigenvalue weighted by molar-refractivity contribution is 5.89. The van der Waals surface area contributed by atoms with E-state index < -0.39 is 6.04 Å². The van der Waals surface area contributed by atoms with Gasteiger partial charge in [0.2, 0.25) is 0 Å². The first-order valence-electron chi connectivity index (χ1n) is 7.67. The van der Waals surface area contributed by atoms with Crippen molar-refractivity contribution in [1.82, 2.24) is 19.9 Å². The molecule has 0 saturated heterocycles. The Morgan fingerprint density at radius 3 is 2.76 bits per heavy atom. The molecule has 2 heterocycles. The second-order valence-electron chi connectivity index (χ2n) is 5.43. The Balaban J connectivity index is 1.90. The normalized spacial score (nSPS) is 12.2. The number of fused-ring (bicyclic) bond motifs is 1. The number of imidazole rings is 1. The molecule has 0 aliphatic rings. The minimum absolute atomic E-state index is 0.379. The minimum Gasteiger partial charge on any atom is -0.467 e. The molecule has 4 aromatic rings. The van der Waals surface area contributed by atoms with Crippen LogP contribution in [-0.2, 0) is 9.53 Å². The topological polar surface area (TPSA) is 83.0 Å². The van der Waals surface area contributed by atoms with Gasteiger partial charge in [-0.15, -0.1) is 0 Å². The highest BCUT2D eigenvalue weighted by Gasteiger charge is 2.26. The molecule has 124 valence electrons. The zero-order chi connectivity index (χ0) is 17.2. The summed E-state index contributed by atoms with van der Waals surface area (Å²) in [7, 11) is 1.37. The van der Waals surface area contributed by atoms with E-state index in [0.29, 0.717) is 16.9 Å². The number of nitrogens with zero attached hydrogens (tertiary/aromatic N) is 4. The molecule has 0 fully saturated rings. The van der Waals surface area contributed by atoms with Crippen LogP contribution in [0.2, 0.25) is 0 Å².